The van der Waals surface area contributed by atoms with Gasteiger partial charge in [0, 0.05) is 0 Å². The average Bonchev–Trinajstić information content (AvgIpc) is 1.25. The van der Waals surface area contributed by atoms with Crippen molar-refractivity contribution in [2.24, 2.45) is 0 Å². The van der Waals surface area contributed by atoms with Gasteiger partial charge in [0.15, 0.2) is 0 Å². The van der Waals surface area contributed by atoms with E-state index >= 15 is 0 Å². The van der Waals surface area contributed by atoms with Crippen LogP contribution in [0.5, 0.6) is 0 Å². The van der Waals surface area contributed by atoms with E-state index in [2.05, 4.69) is 0 Å². The molecule has 0 unspecified atom stereocenters. The summed E-state index contributed by atoms with van der Waals surface area (Å²) in [4.78, 5) is 0. The molecule has 6 nitrogen and oxygen atoms in total. The van der Waals surface area contributed by atoms with Gasteiger partial charge in [0.1, 0.15) is 0 Å². The minimum absolute atomic E-state index is 0. The van der Waals surface area contributed by atoms with Crippen LogP contribution in [0.15, 0.2) is 0 Å². The molecule has 0 aromatic heterocycles. The Bertz CT molecular complexity index is 71.1. The second-order valence-electron chi connectivity index (χ2n) is 0.516. The van der Waals surface area contributed by atoms with Crippen LogP contribution in [-0.4, -0.2) is 3.18 Å². The molecule has 0 aromatic rings. The Morgan fingerprint density at radius 2 is 1.44 bits per heavy atom. The fourth-order valence-corrected chi connectivity index (χ4v) is 0. The fraction of sp³-hybridized carbons (Fsp3) is 0. The molecule has 0 bridgehead atoms. The van der Waals surface area contributed by atoms with E-state index in [-0.39, 0.29) is 35.6 Å². The van der Waals surface area contributed by atoms with Crippen molar-refractivity contribution in [2.45, 2.75) is 0 Å². The Morgan fingerprint density at radius 3 is 1.44 bits per heavy atom. The molecule has 48 valence electrons. The summed E-state index contributed by atoms with van der Waals surface area (Å²) < 4.78 is 50.3. The second-order valence-corrected chi connectivity index (χ2v) is 2.60. The van der Waals surface area contributed by atoms with Crippen LogP contribution in [-0.2, 0) is 47.4 Å². The van der Waals surface area contributed by atoms with Gasteiger partial charge in [-0.2, -0.15) is 0 Å². The summed E-state index contributed by atoms with van der Waals surface area (Å²) in [6.07, 6.45) is 0. The van der Waals surface area contributed by atoms with E-state index in [1.54, 1.807) is 0 Å². The standard InChI is InChI=1S/La.H2O.5O.Ti.Zr/h;1H2;;;;;;;/q+3;;;;3*-1;;+1/p-1. The molecule has 0 aliphatic heterocycles. The Morgan fingerprint density at radius 1 is 1.44 bits per heavy atom. The molecule has 0 fully saturated rings. The van der Waals surface area contributed by atoms with Crippen LogP contribution >= 0.6 is 0 Å². The van der Waals surface area contributed by atoms with Crippen LogP contribution in [0.3, 0.4) is 0 Å². The summed E-state index contributed by atoms with van der Waals surface area (Å²) in [6.45, 7) is 0. The van der Waals surface area contributed by atoms with Crippen molar-refractivity contribution in [3.05, 3.63) is 0 Å². The van der Waals surface area contributed by atoms with Gasteiger partial charge in [0.25, 0.3) is 0 Å². The Labute approximate surface area is 95.0 Å². The predicted octanol–water partition coefficient (Wildman–Crippen LogP) is -4.37. The maximum atomic E-state index is 8.72. The molecule has 0 spiro atoms. The maximum absolute atomic E-state index is 8.72. The first-order chi connectivity index (χ1) is 3.46. The van der Waals surface area contributed by atoms with E-state index in [1.165, 1.54) is 0 Å². The van der Waals surface area contributed by atoms with Crippen LogP contribution in [0, 0.1) is 35.6 Å². The Hall–Kier alpha value is 2.23. The van der Waals surface area contributed by atoms with Gasteiger partial charge in [-0.15, -0.1) is 0 Å². The van der Waals surface area contributed by atoms with Crippen molar-refractivity contribution >= 4 is 0 Å². The predicted molar refractivity (Wildman–Crippen MR) is 3.59 cm³/mol. The quantitative estimate of drug-likeness (QED) is 0.427. The zero-order valence-corrected chi connectivity index (χ0v) is 11.7. The number of hydrogen-bond acceptors (Lipinski definition) is 5. The van der Waals surface area contributed by atoms with Gasteiger partial charge in [-0.3, -0.25) is 0 Å². The summed E-state index contributed by atoms with van der Waals surface area (Å²) in [6, 6.07) is 0. The molecule has 1 N–H and O–H groups in total. The molecular weight excluding hydrogens is 374 g/mol. The first-order valence-corrected chi connectivity index (χ1v) is 6.26. The second kappa shape index (κ2) is 12.9. The van der Waals surface area contributed by atoms with Gasteiger partial charge in [-0.1, -0.05) is 0 Å². The summed E-state index contributed by atoms with van der Waals surface area (Å²) in [5.74, 6) is 0. The molecule has 9 heteroatoms. The summed E-state index contributed by atoms with van der Waals surface area (Å²) >= 11 is -8.13. The summed E-state index contributed by atoms with van der Waals surface area (Å²) in [7, 11) is 0. The van der Waals surface area contributed by atoms with Crippen molar-refractivity contribution in [1.82, 2.24) is 0 Å². The van der Waals surface area contributed by atoms with Crippen LogP contribution in [0.25, 0.3) is 0 Å². The monoisotopic (exact) mass is 374 g/mol. The minimum atomic E-state index is -4.08. The van der Waals surface area contributed by atoms with Crippen molar-refractivity contribution in [2.75, 3.05) is 0 Å². The SMILES string of the molecule is [La+3].[O]=[Ti]([O-])[O-].[O]=[Zr]([O-])[OH]. The summed E-state index contributed by atoms with van der Waals surface area (Å²) in [5.41, 5.74) is 0. The fourth-order valence-electron chi connectivity index (χ4n) is 0. The van der Waals surface area contributed by atoms with Crippen molar-refractivity contribution in [3.63, 3.8) is 0 Å². The van der Waals surface area contributed by atoms with Crippen LogP contribution in [0.1, 0.15) is 0 Å². The third kappa shape index (κ3) is 139. The first kappa shape index (κ1) is 17.4. The molecular formula is HLaO6TiZr. The molecule has 0 heterocycles. The number of rotatable bonds is 0. The Balaban J connectivity index is -0.0000000720. The third-order valence-electron chi connectivity index (χ3n) is 0. The van der Waals surface area contributed by atoms with Gasteiger partial charge < -0.3 is 0 Å². The van der Waals surface area contributed by atoms with E-state index in [1.807, 2.05) is 0 Å². The molecule has 0 atom stereocenters. The van der Waals surface area contributed by atoms with Crippen molar-refractivity contribution in [3.8, 4) is 0 Å². The van der Waals surface area contributed by atoms with Gasteiger partial charge in [0.05, 0.1) is 0 Å². The average molecular weight is 375 g/mol. The van der Waals surface area contributed by atoms with E-state index in [0.29, 0.717) is 0 Å². The normalized spacial score (nSPS) is 5.78. The van der Waals surface area contributed by atoms with Gasteiger partial charge in [-0.05, 0) is 0 Å². The van der Waals surface area contributed by atoms with Crippen LogP contribution in [0.2, 0.25) is 0 Å². The molecule has 0 amide bonds. The van der Waals surface area contributed by atoms with Crippen LogP contribution in [0.4, 0.5) is 0 Å². The van der Waals surface area contributed by atoms with Crippen molar-refractivity contribution in [1.29, 1.82) is 0 Å². The molecule has 0 aliphatic rings. The molecule has 9 heavy (non-hydrogen) atoms. The molecule has 0 rings (SSSR count). The zero-order valence-electron chi connectivity index (χ0n) is 4.07. The van der Waals surface area contributed by atoms with E-state index in [0.717, 1.165) is 0 Å². The molecule has 0 aromatic carbocycles. The van der Waals surface area contributed by atoms with Gasteiger partial charge >= 0.3 is 96.7 Å². The molecule has 0 saturated heterocycles. The van der Waals surface area contributed by atoms with Crippen LogP contribution < -0.4 is 10.6 Å². The molecule has 0 saturated carbocycles. The molecule has 0 radical (unpaired) electrons. The first-order valence-electron chi connectivity index (χ1n) is 1.24. The van der Waals surface area contributed by atoms with Crippen molar-refractivity contribution < 1.29 is 96.7 Å². The van der Waals surface area contributed by atoms with Gasteiger partial charge in [-0.25, -0.2) is 0 Å². The Kier molecular flexibility index (Phi) is 24.8. The van der Waals surface area contributed by atoms with E-state index in [9.17, 15) is 0 Å². The molecule has 0 aliphatic carbocycles. The topological polar surface area (TPSA) is 124 Å². The third-order valence-corrected chi connectivity index (χ3v) is 0. The van der Waals surface area contributed by atoms with E-state index in [4.69, 9.17) is 19.9 Å². The zero-order chi connectivity index (χ0) is 7.15. The van der Waals surface area contributed by atoms with Gasteiger partial charge in [0.2, 0.25) is 0 Å². The summed E-state index contributed by atoms with van der Waals surface area (Å²) in [5, 5.41) is 0. The number of hydrogen-bond donors (Lipinski definition) is 1. The van der Waals surface area contributed by atoms with E-state index < -0.39 is 41.3 Å².